The van der Waals surface area contributed by atoms with Gasteiger partial charge in [0.2, 0.25) is 0 Å². The molecule has 13 heteroatoms. The van der Waals surface area contributed by atoms with E-state index in [0.29, 0.717) is 56.9 Å². The topological polar surface area (TPSA) is 187 Å². The smallest absolute Gasteiger partial charge is 0.335 e. The number of furan rings is 1. The van der Waals surface area contributed by atoms with Gasteiger partial charge < -0.3 is 38.6 Å². The summed E-state index contributed by atoms with van der Waals surface area (Å²) in [4.78, 5) is 55.0. The van der Waals surface area contributed by atoms with Crippen LogP contribution in [0.1, 0.15) is 77.1 Å². The van der Waals surface area contributed by atoms with Crippen molar-refractivity contribution in [2.45, 2.75) is 18.8 Å². The molecule has 5 aromatic carbocycles. The summed E-state index contributed by atoms with van der Waals surface area (Å²) in [5.41, 5.74) is 5.45. The predicted octanol–water partition coefficient (Wildman–Crippen LogP) is 10.3. The second-order valence-electron chi connectivity index (χ2n) is 14.3. The zero-order valence-electron chi connectivity index (χ0n) is 34.7. The maximum Gasteiger partial charge on any atom is 0.335 e. The lowest BCUT2D eigenvalue weighted by atomic mass is 10.0. The van der Waals surface area contributed by atoms with Crippen molar-refractivity contribution < 1.29 is 52.8 Å². The third kappa shape index (κ3) is 9.90. The predicted molar refractivity (Wildman–Crippen MR) is 237 cm³/mol. The highest BCUT2D eigenvalue weighted by atomic mass is 16.5. The Kier molecular flexibility index (Phi) is 13.0. The second kappa shape index (κ2) is 19.0. The Labute approximate surface area is 361 Å². The number of ketones is 2. The summed E-state index contributed by atoms with van der Waals surface area (Å²) in [5, 5.41) is 19.0. The molecule has 318 valence electrons. The molecular weight excluding hydrogens is 805 g/mol. The zero-order chi connectivity index (χ0) is 44.6. The van der Waals surface area contributed by atoms with Gasteiger partial charge in [-0.1, -0.05) is 42.5 Å². The number of hydrogen-bond acceptors (Lipinski definition) is 10. The molecule has 1 saturated carbocycles. The quantitative estimate of drug-likeness (QED) is 0.0655. The van der Waals surface area contributed by atoms with Crippen molar-refractivity contribution in [2.75, 3.05) is 28.4 Å². The average Bonchev–Trinajstić information content (AvgIpc) is 3.88. The minimum absolute atomic E-state index is 0.123. The average molecular weight is 847 g/mol. The SMILES string of the molecule is COc1cc(OC)c(-c2c[nH]c(C3CC3)n2)cc1/C=C/C(=O)c1ccc(C(=O)O)cc1.COc1cc(OC)c(-c2cc3ccccc3o2)cc1/C=C/C(=O)c1ccc(C(=O)O)cc1. The summed E-state index contributed by atoms with van der Waals surface area (Å²) in [5.74, 6) is 1.83. The van der Waals surface area contributed by atoms with E-state index in [1.54, 1.807) is 52.7 Å². The summed E-state index contributed by atoms with van der Waals surface area (Å²) in [6.07, 6.45) is 10.3. The minimum Gasteiger partial charge on any atom is -0.496 e. The fourth-order valence-electron chi connectivity index (χ4n) is 6.73. The van der Waals surface area contributed by atoms with Crippen LogP contribution in [0, 0.1) is 0 Å². The molecule has 8 rings (SSSR count). The Hall–Kier alpha value is -8.19. The molecule has 0 aliphatic heterocycles. The number of carbonyl (C=O) groups is 4. The maximum atomic E-state index is 12.6. The van der Waals surface area contributed by atoms with Gasteiger partial charge in [-0.05, 0) is 85.7 Å². The van der Waals surface area contributed by atoms with E-state index in [4.69, 9.17) is 38.6 Å². The van der Waals surface area contributed by atoms with E-state index in [-0.39, 0.29) is 22.7 Å². The molecular formula is C50H42N2O11. The number of nitrogens with zero attached hydrogens (tertiary/aromatic N) is 1. The van der Waals surface area contributed by atoms with Crippen LogP contribution in [0.2, 0.25) is 0 Å². The Morgan fingerprint density at radius 2 is 1.10 bits per heavy atom. The van der Waals surface area contributed by atoms with E-state index in [2.05, 4.69) is 4.98 Å². The van der Waals surface area contributed by atoms with Crippen molar-refractivity contribution in [3.05, 3.63) is 161 Å². The van der Waals surface area contributed by atoms with Gasteiger partial charge in [0.15, 0.2) is 11.6 Å². The lowest BCUT2D eigenvalue weighted by Gasteiger charge is -2.12. The highest BCUT2D eigenvalue weighted by Crippen LogP contribution is 2.42. The first-order valence-electron chi connectivity index (χ1n) is 19.7. The van der Waals surface area contributed by atoms with Crippen molar-refractivity contribution in [2.24, 2.45) is 0 Å². The molecule has 7 aromatic rings. The largest absolute Gasteiger partial charge is 0.496 e. The first kappa shape index (κ1) is 42.9. The van der Waals surface area contributed by atoms with Gasteiger partial charge in [0.25, 0.3) is 0 Å². The number of carboxylic acids is 2. The molecule has 0 atom stereocenters. The van der Waals surface area contributed by atoms with Gasteiger partial charge in [0.05, 0.1) is 50.8 Å². The minimum atomic E-state index is -1.04. The number of benzene rings is 5. The normalized spacial score (nSPS) is 12.2. The number of hydrogen-bond donors (Lipinski definition) is 3. The fourth-order valence-corrected chi connectivity index (χ4v) is 6.73. The number of methoxy groups -OCH3 is 4. The maximum absolute atomic E-state index is 12.6. The van der Waals surface area contributed by atoms with E-state index in [9.17, 15) is 19.2 Å². The third-order valence-electron chi connectivity index (χ3n) is 10.3. The summed E-state index contributed by atoms with van der Waals surface area (Å²) in [7, 11) is 6.25. The Morgan fingerprint density at radius 3 is 1.57 bits per heavy atom. The standard InChI is InChI=1S/C26H20O6.C24H22N2O5/c1-30-23-15-24(31-2)20(25-14-18-5-3-4-6-22(18)32-25)13-19(23)11-12-21(27)16-7-9-17(10-8-16)26(28)29;1-30-21-12-22(31-2)18(19-13-25-23(26-19)15-5-6-15)11-17(21)9-10-20(27)14-3-7-16(8-4-14)24(28)29/h3-15H,1-2H3,(H,28,29);3-4,7-13,15H,5-6H2,1-2H3,(H,25,26)(H,28,29)/b12-11+;10-9+. The monoisotopic (exact) mass is 846 g/mol. The van der Waals surface area contributed by atoms with Crippen LogP contribution in [0.15, 0.2) is 126 Å². The molecule has 3 N–H and O–H groups in total. The van der Waals surface area contributed by atoms with E-state index in [1.807, 2.05) is 48.7 Å². The van der Waals surface area contributed by atoms with Crippen LogP contribution >= 0.6 is 0 Å². The Balaban J connectivity index is 0.000000189. The first-order chi connectivity index (χ1) is 30.5. The molecule has 2 aromatic heterocycles. The number of fused-ring (bicyclic) bond motifs is 1. The number of H-pyrrole nitrogens is 1. The van der Waals surface area contributed by atoms with Crippen molar-refractivity contribution >= 4 is 46.6 Å². The van der Waals surface area contributed by atoms with Crippen molar-refractivity contribution in [3.63, 3.8) is 0 Å². The van der Waals surface area contributed by atoms with Gasteiger partial charge in [-0.3, -0.25) is 9.59 Å². The molecule has 0 unspecified atom stereocenters. The van der Waals surface area contributed by atoms with Crippen LogP contribution in [0.5, 0.6) is 23.0 Å². The fraction of sp³-hybridized carbons (Fsp3) is 0.140. The van der Waals surface area contributed by atoms with Crippen LogP contribution in [0.3, 0.4) is 0 Å². The lowest BCUT2D eigenvalue weighted by Crippen LogP contribution is -1.99. The number of rotatable bonds is 15. The number of carbonyl (C=O) groups excluding carboxylic acids is 2. The van der Waals surface area contributed by atoms with Crippen molar-refractivity contribution in [3.8, 4) is 45.6 Å². The Bertz CT molecular complexity index is 2850. The molecule has 1 aliphatic carbocycles. The highest BCUT2D eigenvalue weighted by molar-refractivity contribution is 6.08. The first-order valence-corrected chi connectivity index (χ1v) is 19.7. The number of aromatic nitrogens is 2. The van der Waals surface area contributed by atoms with Gasteiger partial charge in [0, 0.05) is 57.5 Å². The Morgan fingerprint density at radius 1 is 0.619 bits per heavy atom. The van der Waals surface area contributed by atoms with Gasteiger partial charge in [-0.25, -0.2) is 14.6 Å². The zero-order valence-corrected chi connectivity index (χ0v) is 34.7. The van der Waals surface area contributed by atoms with Crippen LogP contribution < -0.4 is 18.9 Å². The molecule has 0 radical (unpaired) electrons. The molecule has 1 fully saturated rings. The molecule has 0 spiro atoms. The van der Waals surface area contributed by atoms with Crippen LogP contribution in [0.4, 0.5) is 0 Å². The molecule has 2 heterocycles. The van der Waals surface area contributed by atoms with Gasteiger partial charge in [-0.2, -0.15) is 0 Å². The molecule has 13 nitrogen and oxygen atoms in total. The lowest BCUT2D eigenvalue weighted by molar-refractivity contribution is 0.0686. The summed E-state index contributed by atoms with van der Waals surface area (Å²) in [6.45, 7) is 0. The summed E-state index contributed by atoms with van der Waals surface area (Å²) < 4.78 is 28.0. The number of nitrogens with one attached hydrogen (secondary N) is 1. The van der Waals surface area contributed by atoms with Gasteiger partial charge in [0.1, 0.15) is 40.2 Å². The number of aromatic amines is 1. The van der Waals surface area contributed by atoms with Crippen LogP contribution in [0.25, 0.3) is 45.7 Å². The second-order valence-corrected chi connectivity index (χ2v) is 14.3. The third-order valence-corrected chi connectivity index (χ3v) is 10.3. The number of imidazole rings is 1. The molecule has 0 amide bonds. The van der Waals surface area contributed by atoms with E-state index < -0.39 is 11.9 Å². The summed E-state index contributed by atoms with van der Waals surface area (Å²) in [6, 6.07) is 28.5. The molecule has 1 aliphatic rings. The number of para-hydroxylation sites is 1. The number of ether oxygens (including phenoxy) is 4. The van der Waals surface area contributed by atoms with Crippen molar-refractivity contribution in [1.82, 2.24) is 9.97 Å². The summed E-state index contributed by atoms with van der Waals surface area (Å²) >= 11 is 0. The number of carboxylic acid groups (broad SMARTS) is 2. The van der Waals surface area contributed by atoms with Crippen molar-refractivity contribution in [1.29, 1.82) is 0 Å². The number of aromatic carboxylic acids is 2. The molecule has 63 heavy (non-hydrogen) atoms. The van der Waals surface area contributed by atoms with Crippen LogP contribution in [-0.2, 0) is 0 Å². The van der Waals surface area contributed by atoms with E-state index in [1.165, 1.54) is 60.7 Å². The van der Waals surface area contributed by atoms with Gasteiger partial charge >= 0.3 is 11.9 Å². The van der Waals surface area contributed by atoms with Crippen LogP contribution in [-0.4, -0.2) is 72.1 Å². The number of allylic oxidation sites excluding steroid dienone is 2. The molecule has 0 bridgehead atoms. The molecule has 0 saturated heterocycles. The van der Waals surface area contributed by atoms with E-state index in [0.717, 1.165) is 46.5 Å². The van der Waals surface area contributed by atoms with Gasteiger partial charge in [-0.15, -0.1) is 0 Å². The van der Waals surface area contributed by atoms with E-state index >= 15 is 0 Å². The highest BCUT2D eigenvalue weighted by Gasteiger charge is 2.27.